The molecule has 5 nitrogen and oxygen atoms in total. The van der Waals surface area contributed by atoms with Gasteiger partial charge in [0.05, 0.1) is 13.1 Å². The zero-order valence-electron chi connectivity index (χ0n) is 18.3. The Morgan fingerprint density at radius 1 is 1.04 bits per heavy atom. The average Bonchev–Trinajstić information content (AvgIpc) is 2.47. The van der Waals surface area contributed by atoms with Crippen LogP contribution >= 0.6 is 0 Å². The largest absolute Gasteiger partial charge is 0.355 e. The first kappa shape index (κ1) is 23.2. The molecule has 0 aliphatic carbocycles. The van der Waals surface area contributed by atoms with Gasteiger partial charge in [-0.2, -0.15) is 0 Å². The Morgan fingerprint density at radius 2 is 1.56 bits per heavy atom. The van der Waals surface area contributed by atoms with Crippen molar-refractivity contribution in [2.24, 2.45) is 0 Å². The molecule has 0 aliphatic heterocycles. The maximum Gasteiger partial charge on any atom is 0.234 e. The van der Waals surface area contributed by atoms with E-state index < -0.39 is 0 Å². The summed E-state index contributed by atoms with van der Waals surface area (Å²) in [7, 11) is 1.78. The summed E-state index contributed by atoms with van der Waals surface area (Å²) in [6, 6.07) is 4.62. The van der Waals surface area contributed by atoms with E-state index in [2.05, 4.69) is 57.4 Å². The predicted octanol–water partition coefficient (Wildman–Crippen LogP) is 2.72. The number of nitrogens with zero attached hydrogens (tertiary/aromatic N) is 1. The lowest BCUT2D eigenvalue weighted by Crippen LogP contribution is -2.42. The molecule has 0 radical (unpaired) electrons. The first-order chi connectivity index (χ1) is 12.4. The Hall–Kier alpha value is -1.88. The van der Waals surface area contributed by atoms with Crippen LogP contribution in [0.2, 0.25) is 0 Å². The SMILES string of the molecule is Cc1cc(C(C)(C)C)cc(C)c1CCNC(=O)CN(C)CC(=O)NC(C)C. The molecule has 5 heteroatoms. The number of aryl methyl sites for hydroxylation is 2. The zero-order valence-corrected chi connectivity index (χ0v) is 18.3. The average molecular weight is 376 g/mol. The molecular formula is C22H37N3O2. The van der Waals surface area contributed by atoms with E-state index in [1.807, 2.05) is 13.8 Å². The number of hydrogen-bond donors (Lipinski definition) is 2. The second-order valence-electron chi connectivity index (χ2n) is 8.83. The minimum Gasteiger partial charge on any atom is -0.355 e. The Labute approximate surface area is 164 Å². The third-order valence-corrected chi connectivity index (χ3v) is 4.54. The Bertz CT molecular complexity index is 637. The van der Waals surface area contributed by atoms with Crippen molar-refractivity contribution < 1.29 is 9.59 Å². The normalized spacial score (nSPS) is 11.8. The topological polar surface area (TPSA) is 61.4 Å². The van der Waals surface area contributed by atoms with Crippen LogP contribution in [0, 0.1) is 13.8 Å². The van der Waals surface area contributed by atoms with Crippen molar-refractivity contribution in [2.75, 3.05) is 26.7 Å². The van der Waals surface area contributed by atoms with Crippen molar-refractivity contribution in [3.8, 4) is 0 Å². The Balaban J connectivity index is 2.51. The predicted molar refractivity (Wildman–Crippen MR) is 112 cm³/mol. The van der Waals surface area contributed by atoms with Gasteiger partial charge in [-0.3, -0.25) is 14.5 Å². The molecule has 2 N–H and O–H groups in total. The van der Waals surface area contributed by atoms with Crippen molar-refractivity contribution in [1.29, 1.82) is 0 Å². The van der Waals surface area contributed by atoms with Gasteiger partial charge in [0.15, 0.2) is 0 Å². The van der Waals surface area contributed by atoms with Gasteiger partial charge < -0.3 is 10.6 Å². The summed E-state index contributed by atoms with van der Waals surface area (Å²) in [4.78, 5) is 25.6. The molecule has 0 saturated carbocycles. The molecule has 1 rings (SSSR count). The van der Waals surface area contributed by atoms with Crippen LogP contribution in [0.25, 0.3) is 0 Å². The number of amides is 2. The molecule has 0 aliphatic rings. The van der Waals surface area contributed by atoms with Gasteiger partial charge in [0, 0.05) is 12.6 Å². The van der Waals surface area contributed by atoms with Crippen molar-refractivity contribution >= 4 is 11.8 Å². The van der Waals surface area contributed by atoms with Crippen LogP contribution in [-0.4, -0.2) is 49.4 Å². The van der Waals surface area contributed by atoms with E-state index in [0.29, 0.717) is 6.54 Å². The van der Waals surface area contributed by atoms with Crippen LogP contribution in [0.4, 0.5) is 0 Å². The molecule has 1 aromatic rings. The monoisotopic (exact) mass is 375 g/mol. The molecular weight excluding hydrogens is 338 g/mol. The van der Waals surface area contributed by atoms with E-state index in [1.165, 1.54) is 22.3 Å². The summed E-state index contributed by atoms with van der Waals surface area (Å²) in [6.45, 7) is 15.8. The summed E-state index contributed by atoms with van der Waals surface area (Å²) >= 11 is 0. The number of likely N-dealkylation sites (N-methyl/N-ethyl adjacent to an activating group) is 1. The van der Waals surface area contributed by atoms with Gasteiger partial charge in [-0.1, -0.05) is 32.9 Å². The lowest BCUT2D eigenvalue weighted by molar-refractivity contribution is -0.124. The second-order valence-corrected chi connectivity index (χ2v) is 8.83. The molecule has 0 heterocycles. The molecule has 0 spiro atoms. The van der Waals surface area contributed by atoms with Crippen LogP contribution < -0.4 is 10.6 Å². The van der Waals surface area contributed by atoms with E-state index in [-0.39, 0.29) is 36.4 Å². The summed E-state index contributed by atoms with van der Waals surface area (Å²) < 4.78 is 0. The Morgan fingerprint density at radius 3 is 2.04 bits per heavy atom. The molecule has 0 atom stereocenters. The van der Waals surface area contributed by atoms with Gasteiger partial charge in [-0.25, -0.2) is 0 Å². The fourth-order valence-corrected chi connectivity index (χ4v) is 3.12. The third kappa shape index (κ3) is 8.12. The maximum absolute atomic E-state index is 12.1. The summed E-state index contributed by atoms with van der Waals surface area (Å²) in [5, 5.41) is 5.79. The number of carbonyl (C=O) groups excluding carboxylic acids is 2. The van der Waals surface area contributed by atoms with E-state index in [9.17, 15) is 9.59 Å². The fraction of sp³-hybridized carbons (Fsp3) is 0.636. The molecule has 152 valence electrons. The van der Waals surface area contributed by atoms with Gasteiger partial charge in [0.25, 0.3) is 0 Å². The molecule has 0 fully saturated rings. The number of benzene rings is 1. The van der Waals surface area contributed by atoms with Gasteiger partial charge >= 0.3 is 0 Å². The maximum atomic E-state index is 12.1. The zero-order chi connectivity index (χ0) is 20.8. The lowest BCUT2D eigenvalue weighted by Gasteiger charge is -2.22. The number of nitrogens with one attached hydrogen (secondary N) is 2. The van der Waals surface area contributed by atoms with Crippen molar-refractivity contribution in [1.82, 2.24) is 15.5 Å². The molecule has 1 aromatic carbocycles. The molecule has 0 saturated heterocycles. The third-order valence-electron chi connectivity index (χ3n) is 4.54. The van der Waals surface area contributed by atoms with Crippen molar-refractivity contribution in [3.63, 3.8) is 0 Å². The number of rotatable bonds is 8. The molecule has 0 aromatic heterocycles. The van der Waals surface area contributed by atoms with Crippen LogP contribution in [0.1, 0.15) is 56.9 Å². The van der Waals surface area contributed by atoms with Crippen molar-refractivity contribution in [2.45, 2.75) is 66.3 Å². The van der Waals surface area contributed by atoms with Gasteiger partial charge in [0.2, 0.25) is 11.8 Å². The fourth-order valence-electron chi connectivity index (χ4n) is 3.12. The molecule has 0 unspecified atom stereocenters. The highest BCUT2D eigenvalue weighted by Gasteiger charge is 2.16. The number of hydrogen-bond acceptors (Lipinski definition) is 3. The van der Waals surface area contributed by atoms with Gasteiger partial charge in [-0.05, 0) is 68.8 Å². The van der Waals surface area contributed by atoms with Crippen LogP contribution in [0.3, 0.4) is 0 Å². The first-order valence-electron chi connectivity index (χ1n) is 9.75. The van der Waals surface area contributed by atoms with Gasteiger partial charge in [-0.15, -0.1) is 0 Å². The second kappa shape index (κ2) is 9.88. The van der Waals surface area contributed by atoms with Crippen LogP contribution in [0.5, 0.6) is 0 Å². The van der Waals surface area contributed by atoms with Crippen LogP contribution in [-0.2, 0) is 21.4 Å². The van der Waals surface area contributed by atoms with Gasteiger partial charge in [0.1, 0.15) is 0 Å². The first-order valence-corrected chi connectivity index (χ1v) is 9.75. The molecule has 0 bridgehead atoms. The summed E-state index contributed by atoms with van der Waals surface area (Å²) in [6.07, 6.45) is 0.811. The summed E-state index contributed by atoms with van der Waals surface area (Å²) in [5.41, 5.74) is 5.32. The highest BCUT2D eigenvalue weighted by Crippen LogP contribution is 2.27. The van der Waals surface area contributed by atoms with Crippen molar-refractivity contribution in [3.05, 3.63) is 34.4 Å². The lowest BCUT2D eigenvalue weighted by atomic mass is 9.83. The quantitative estimate of drug-likeness (QED) is 0.734. The smallest absolute Gasteiger partial charge is 0.234 e. The van der Waals surface area contributed by atoms with E-state index in [1.54, 1.807) is 11.9 Å². The highest BCUT2D eigenvalue weighted by molar-refractivity contribution is 5.81. The Kier molecular flexibility index (Phi) is 8.48. The van der Waals surface area contributed by atoms with E-state index >= 15 is 0 Å². The van der Waals surface area contributed by atoms with Crippen LogP contribution in [0.15, 0.2) is 12.1 Å². The van der Waals surface area contributed by atoms with E-state index in [0.717, 1.165) is 6.42 Å². The minimum atomic E-state index is -0.0644. The van der Waals surface area contributed by atoms with E-state index in [4.69, 9.17) is 0 Å². The molecule has 2 amide bonds. The summed E-state index contributed by atoms with van der Waals surface area (Å²) in [5.74, 6) is -0.123. The standard InChI is InChI=1S/C22H37N3O2/c1-15(2)24-21(27)14-25(8)13-20(26)23-10-9-19-16(3)11-18(12-17(19)4)22(5,6)7/h11-12,15H,9-10,13-14H2,1-8H3,(H,23,26)(H,24,27). The number of carbonyl (C=O) groups is 2. The highest BCUT2D eigenvalue weighted by atomic mass is 16.2. The minimum absolute atomic E-state index is 0.0588. The molecule has 27 heavy (non-hydrogen) atoms.